The molecule has 0 saturated carbocycles. The van der Waals surface area contributed by atoms with Crippen LogP contribution in [-0.2, 0) is 9.59 Å². The Morgan fingerprint density at radius 2 is 2.04 bits per heavy atom. The maximum atomic E-state index is 13.9. The predicted octanol–water partition coefficient (Wildman–Crippen LogP) is 2.57. The zero-order chi connectivity index (χ0) is 20.5. The number of imide groups is 1. The monoisotopic (exact) mass is 411 g/mol. The molecule has 9 heteroatoms. The van der Waals surface area contributed by atoms with Crippen LogP contribution in [0.3, 0.4) is 0 Å². The minimum atomic E-state index is -1.06. The molecule has 0 radical (unpaired) electrons. The Kier molecular flexibility index (Phi) is 5.79. The first-order chi connectivity index (χ1) is 13.2. The molecule has 0 aliphatic carbocycles. The summed E-state index contributed by atoms with van der Waals surface area (Å²) >= 11 is 5.82. The molecule has 2 aliphatic rings. The van der Waals surface area contributed by atoms with Crippen molar-refractivity contribution in [2.24, 2.45) is 0 Å². The minimum absolute atomic E-state index is 0.0183. The molecule has 2 N–H and O–H groups in total. The van der Waals surface area contributed by atoms with Gasteiger partial charge in [-0.2, -0.15) is 0 Å². The van der Waals surface area contributed by atoms with Crippen LogP contribution in [0, 0.1) is 5.82 Å². The number of likely N-dealkylation sites (tertiary alicyclic amines) is 1. The Bertz CT molecular complexity index is 811. The summed E-state index contributed by atoms with van der Waals surface area (Å²) in [6.07, 6.45) is 1.75. The van der Waals surface area contributed by atoms with Gasteiger partial charge in [-0.25, -0.2) is 9.18 Å². The summed E-state index contributed by atoms with van der Waals surface area (Å²) in [4.78, 5) is 37.4. The van der Waals surface area contributed by atoms with Crippen molar-refractivity contribution >= 4 is 29.4 Å². The van der Waals surface area contributed by atoms with Gasteiger partial charge < -0.3 is 15.0 Å². The molecule has 0 bridgehead atoms. The molecule has 1 aromatic rings. The van der Waals surface area contributed by atoms with E-state index in [4.69, 9.17) is 16.3 Å². The lowest BCUT2D eigenvalue weighted by Crippen LogP contribution is -2.45. The van der Waals surface area contributed by atoms with E-state index in [0.29, 0.717) is 31.7 Å². The van der Waals surface area contributed by atoms with Crippen LogP contribution in [0.15, 0.2) is 12.1 Å². The van der Waals surface area contributed by atoms with E-state index in [1.165, 1.54) is 19.2 Å². The number of carbonyl (C=O) groups excluding carboxylic acids is 3. The van der Waals surface area contributed by atoms with Gasteiger partial charge in [0.1, 0.15) is 17.1 Å². The van der Waals surface area contributed by atoms with E-state index in [9.17, 15) is 18.8 Å². The number of carbonyl (C=O) groups is 3. The predicted molar refractivity (Wildman–Crippen MR) is 101 cm³/mol. The second-order valence-electron chi connectivity index (χ2n) is 7.40. The summed E-state index contributed by atoms with van der Waals surface area (Å²) < 4.78 is 19.2. The van der Waals surface area contributed by atoms with Gasteiger partial charge in [-0.3, -0.25) is 14.9 Å². The van der Waals surface area contributed by atoms with Crippen molar-refractivity contribution in [1.82, 2.24) is 15.5 Å². The fraction of sp³-hybridized carbons (Fsp3) is 0.526. The highest BCUT2D eigenvalue weighted by atomic mass is 35.5. The van der Waals surface area contributed by atoms with Gasteiger partial charge in [-0.05, 0) is 38.2 Å². The van der Waals surface area contributed by atoms with E-state index in [1.54, 1.807) is 11.8 Å². The highest BCUT2D eigenvalue weighted by Gasteiger charge is 2.42. The second kappa shape index (κ2) is 7.95. The molecule has 2 fully saturated rings. The van der Waals surface area contributed by atoms with Gasteiger partial charge in [0, 0.05) is 31.1 Å². The number of hydrogen-bond donors (Lipinski definition) is 2. The number of methoxy groups -OCH3 is 1. The SMILES string of the molecule is COc1cc(Cl)c(F)cc1C1CCN(C(=O)CC[C@@]2(C)NC(=O)NC2=O)CC1. The summed E-state index contributed by atoms with van der Waals surface area (Å²) in [7, 11) is 1.52. The number of ether oxygens (including phenoxy) is 1. The van der Waals surface area contributed by atoms with E-state index in [0.717, 1.165) is 5.56 Å². The van der Waals surface area contributed by atoms with Crippen molar-refractivity contribution in [2.75, 3.05) is 20.2 Å². The van der Waals surface area contributed by atoms with Crippen molar-refractivity contribution in [3.05, 3.63) is 28.5 Å². The van der Waals surface area contributed by atoms with E-state index < -0.39 is 23.3 Å². The Hall–Kier alpha value is -2.35. The van der Waals surface area contributed by atoms with Crippen molar-refractivity contribution in [1.29, 1.82) is 0 Å². The second-order valence-corrected chi connectivity index (χ2v) is 7.81. The van der Waals surface area contributed by atoms with E-state index in [1.807, 2.05) is 0 Å². The first-order valence-electron chi connectivity index (χ1n) is 9.18. The molecule has 3 rings (SSSR count). The zero-order valence-corrected chi connectivity index (χ0v) is 16.6. The van der Waals surface area contributed by atoms with Crippen LogP contribution in [0.1, 0.15) is 44.1 Å². The number of urea groups is 1. The van der Waals surface area contributed by atoms with Crippen molar-refractivity contribution in [3.8, 4) is 5.75 Å². The van der Waals surface area contributed by atoms with Crippen molar-refractivity contribution < 1.29 is 23.5 Å². The third kappa shape index (κ3) is 4.06. The van der Waals surface area contributed by atoms with Gasteiger partial charge in [0.05, 0.1) is 12.1 Å². The lowest BCUT2D eigenvalue weighted by atomic mass is 9.88. The molecule has 0 unspecified atom stereocenters. The maximum Gasteiger partial charge on any atom is 0.322 e. The maximum absolute atomic E-state index is 13.9. The number of hydrogen-bond acceptors (Lipinski definition) is 4. The van der Waals surface area contributed by atoms with Crippen LogP contribution in [0.5, 0.6) is 5.75 Å². The van der Waals surface area contributed by atoms with E-state index >= 15 is 0 Å². The number of nitrogens with one attached hydrogen (secondary N) is 2. The Morgan fingerprint density at radius 1 is 1.36 bits per heavy atom. The Balaban J connectivity index is 1.57. The lowest BCUT2D eigenvalue weighted by Gasteiger charge is -2.33. The summed E-state index contributed by atoms with van der Waals surface area (Å²) in [5.41, 5.74) is -0.298. The van der Waals surface area contributed by atoms with Gasteiger partial charge in [0.25, 0.3) is 5.91 Å². The quantitative estimate of drug-likeness (QED) is 0.729. The van der Waals surface area contributed by atoms with Crippen molar-refractivity contribution in [3.63, 3.8) is 0 Å². The number of piperidine rings is 1. The van der Waals surface area contributed by atoms with Crippen LogP contribution < -0.4 is 15.4 Å². The molecule has 2 heterocycles. The summed E-state index contributed by atoms with van der Waals surface area (Å²) in [5.74, 6) is -0.347. The number of nitrogens with zero attached hydrogens (tertiary/aromatic N) is 1. The normalized spacial score (nSPS) is 22.8. The average molecular weight is 412 g/mol. The minimum Gasteiger partial charge on any atom is -0.496 e. The Morgan fingerprint density at radius 3 is 2.61 bits per heavy atom. The number of halogens is 2. The topological polar surface area (TPSA) is 87.7 Å². The van der Waals surface area contributed by atoms with Crippen LogP contribution in [-0.4, -0.2) is 48.5 Å². The van der Waals surface area contributed by atoms with Gasteiger partial charge >= 0.3 is 6.03 Å². The summed E-state index contributed by atoms with van der Waals surface area (Å²) in [6.45, 7) is 2.67. The lowest BCUT2D eigenvalue weighted by molar-refractivity contribution is -0.133. The Labute approximate surface area is 167 Å². The number of rotatable bonds is 5. The van der Waals surface area contributed by atoms with Gasteiger partial charge in [0.2, 0.25) is 5.91 Å². The van der Waals surface area contributed by atoms with Gasteiger partial charge in [-0.1, -0.05) is 11.6 Å². The molecule has 28 heavy (non-hydrogen) atoms. The molecule has 2 saturated heterocycles. The summed E-state index contributed by atoms with van der Waals surface area (Å²) in [5, 5.41) is 4.77. The first kappa shape index (κ1) is 20.4. The third-order valence-corrected chi connectivity index (χ3v) is 5.81. The number of amides is 4. The largest absolute Gasteiger partial charge is 0.496 e. The molecule has 1 aromatic carbocycles. The highest BCUT2D eigenvalue weighted by Crippen LogP contribution is 2.37. The molecule has 1 atom stereocenters. The fourth-order valence-electron chi connectivity index (χ4n) is 3.75. The van der Waals surface area contributed by atoms with Crippen LogP contribution in [0.25, 0.3) is 0 Å². The zero-order valence-electron chi connectivity index (χ0n) is 15.8. The average Bonchev–Trinajstić information content (AvgIpc) is 2.93. The molecule has 4 amide bonds. The van der Waals surface area contributed by atoms with Crippen LogP contribution >= 0.6 is 11.6 Å². The molecular formula is C19H23ClFN3O4. The molecular weight excluding hydrogens is 389 g/mol. The van der Waals surface area contributed by atoms with Crippen LogP contribution in [0.2, 0.25) is 5.02 Å². The molecule has 0 spiro atoms. The summed E-state index contributed by atoms with van der Waals surface area (Å²) in [6, 6.07) is 2.35. The smallest absolute Gasteiger partial charge is 0.322 e. The molecule has 152 valence electrons. The highest BCUT2D eigenvalue weighted by molar-refractivity contribution is 6.30. The van der Waals surface area contributed by atoms with Gasteiger partial charge in [-0.15, -0.1) is 0 Å². The molecule has 2 aliphatic heterocycles. The van der Waals surface area contributed by atoms with Gasteiger partial charge in [0.15, 0.2) is 0 Å². The number of benzene rings is 1. The first-order valence-corrected chi connectivity index (χ1v) is 9.55. The molecule has 7 nitrogen and oxygen atoms in total. The standard InChI is InChI=1S/C19H23ClFN3O4/c1-19(17(26)22-18(27)23-19)6-3-16(25)24-7-4-11(5-8-24)12-9-14(21)13(20)10-15(12)28-2/h9-11H,3-8H2,1-2H3,(H2,22,23,26,27)/t19-/m1/s1. The van der Waals surface area contributed by atoms with E-state index in [-0.39, 0.29) is 29.7 Å². The molecule has 0 aromatic heterocycles. The van der Waals surface area contributed by atoms with Crippen LogP contribution in [0.4, 0.5) is 9.18 Å². The van der Waals surface area contributed by atoms with E-state index in [2.05, 4.69) is 10.6 Å². The third-order valence-electron chi connectivity index (χ3n) is 5.52. The van der Waals surface area contributed by atoms with Crippen molar-refractivity contribution in [2.45, 2.75) is 44.1 Å². The fourth-order valence-corrected chi connectivity index (χ4v) is 3.90.